The Morgan fingerprint density at radius 3 is 2.88 bits per heavy atom. The average Bonchev–Trinajstić information content (AvgIpc) is 2.97. The van der Waals surface area contributed by atoms with Gasteiger partial charge in [-0.15, -0.1) is 0 Å². The van der Waals surface area contributed by atoms with Crippen LogP contribution in [0.2, 0.25) is 0 Å². The van der Waals surface area contributed by atoms with Crippen LogP contribution in [0.15, 0.2) is 33.7 Å². The Labute approximate surface area is 140 Å². The monoisotopic (exact) mass is 349 g/mol. The minimum absolute atomic E-state index is 0.00711. The molecule has 1 aromatic heterocycles. The zero-order valence-electron chi connectivity index (χ0n) is 13.6. The van der Waals surface area contributed by atoms with Gasteiger partial charge in [0.25, 0.3) is 0 Å². The summed E-state index contributed by atoms with van der Waals surface area (Å²) in [6, 6.07) is 4.84. The molecule has 1 N–H and O–H groups in total. The predicted molar refractivity (Wildman–Crippen MR) is 88.1 cm³/mol. The van der Waals surface area contributed by atoms with Crippen molar-refractivity contribution in [2.75, 3.05) is 11.4 Å². The average molecular weight is 349 g/mol. The zero-order valence-corrected chi connectivity index (χ0v) is 14.4. The highest BCUT2D eigenvalue weighted by Crippen LogP contribution is 2.29. The first kappa shape index (κ1) is 16.7. The minimum Gasteiger partial charge on any atom is -0.445 e. The van der Waals surface area contributed by atoms with Crippen molar-refractivity contribution in [1.29, 1.82) is 0 Å². The van der Waals surface area contributed by atoms with Crippen molar-refractivity contribution in [3.63, 3.8) is 0 Å². The maximum atomic E-state index is 12.5. The number of carbonyl (C=O) groups is 1. The number of anilines is 1. The fourth-order valence-corrected chi connectivity index (χ4v) is 3.82. The molecular weight excluding hydrogens is 330 g/mol. The SMILES string of the molecule is CC(=O)N1CCCc2cc(S(=O)(=O)NCc3ncc(C)o3)ccc21. The number of rotatable bonds is 4. The van der Waals surface area contributed by atoms with Crippen LogP contribution in [0, 0.1) is 6.92 Å². The Hall–Kier alpha value is -2.19. The van der Waals surface area contributed by atoms with Crippen molar-refractivity contribution < 1.29 is 17.6 Å². The standard InChI is InChI=1S/C16H19N3O4S/c1-11-9-17-16(23-11)10-18-24(21,22)14-5-6-15-13(8-14)4-3-7-19(15)12(2)20/h5-6,8-9,18H,3-4,7,10H2,1-2H3. The number of nitrogens with zero attached hydrogens (tertiary/aromatic N) is 2. The van der Waals surface area contributed by atoms with E-state index in [4.69, 9.17) is 4.42 Å². The topological polar surface area (TPSA) is 92.5 Å². The number of oxazole rings is 1. The molecule has 7 nitrogen and oxygen atoms in total. The lowest BCUT2D eigenvalue weighted by atomic mass is 10.0. The predicted octanol–water partition coefficient (Wildman–Crippen LogP) is 1.76. The molecule has 0 saturated heterocycles. The molecule has 128 valence electrons. The molecule has 8 heteroatoms. The number of amides is 1. The fraction of sp³-hybridized carbons (Fsp3) is 0.375. The number of aromatic nitrogens is 1. The van der Waals surface area contributed by atoms with Crippen LogP contribution >= 0.6 is 0 Å². The summed E-state index contributed by atoms with van der Waals surface area (Å²) in [4.78, 5) is 17.5. The second kappa shape index (κ2) is 6.37. The Morgan fingerprint density at radius 1 is 1.42 bits per heavy atom. The van der Waals surface area contributed by atoms with Gasteiger partial charge in [-0.1, -0.05) is 0 Å². The third-order valence-electron chi connectivity index (χ3n) is 3.94. The van der Waals surface area contributed by atoms with Crippen LogP contribution in [0.3, 0.4) is 0 Å². The van der Waals surface area contributed by atoms with E-state index in [0.29, 0.717) is 18.2 Å². The molecule has 24 heavy (non-hydrogen) atoms. The number of benzene rings is 1. The van der Waals surface area contributed by atoms with Gasteiger partial charge >= 0.3 is 0 Å². The van der Waals surface area contributed by atoms with Crippen molar-refractivity contribution in [3.05, 3.63) is 41.6 Å². The van der Waals surface area contributed by atoms with Crippen LogP contribution in [0.1, 0.15) is 30.6 Å². The van der Waals surface area contributed by atoms with E-state index in [1.807, 2.05) is 0 Å². The molecule has 0 spiro atoms. The molecule has 1 amide bonds. The molecule has 0 aliphatic carbocycles. The lowest BCUT2D eigenvalue weighted by Gasteiger charge is -2.28. The largest absolute Gasteiger partial charge is 0.445 e. The molecule has 0 bridgehead atoms. The molecular formula is C16H19N3O4S. The molecule has 1 aliphatic rings. The van der Waals surface area contributed by atoms with Gasteiger partial charge in [-0.2, -0.15) is 0 Å². The summed E-state index contributed by atoms with van der Waals surface area (Å²) >= 11 is 0. The first-order valence-corrected chi connectivity index (χ1v) is 9.17. The second-order valence-electron chi connectivity index (χ2n) is 5.75. The summed E-state index contributed by atoms with van der Waals surface area (Å²) in [6.07, 6.45) is 3.11. The molecule has 0 saturated carbocycles. The van der Waals surface area contributed by atoms with Gasteiger partial charge in [-0.3, -0.25) is 4.79 Å². The smallest absolute Gasteiger partial charge is 0.241 e. The van der Waals surface area contributed by atoms with Gasteiger partial charge in [0.2, 0.25) is 21.8 Å². The van der Waals surface area contributed by atoms with E-state index in [2.05, 4.69) is 9.71 Å². The lowest BCUT2D eigenvalue weighted by Crippen LogP contribution is -2.33. The summed E-state index contributed by atoms with van der Waals surface area (Å²) in [5.41, 5.74) is 1.65. The fourth-order valence-electron chi connectivity index (χ4n) is 2.79. The number of hydrogen-bond donors (Lipinski definition) is 1. The van der Waals surface area contributed by atoms with Gasteiger partial charge in [0, 0.05) is 19.2 Å². The quantitative estimate of drug-likeness (QED) is 0.908. The number of sulfonamides is 1. The minimum atomic E-state index is -3.67. The number of nitrogens with one attached hydrogen (secondary N) is 1. The molecule has 0 radical (unpaired) electrons. The molecule has 1 aromatic carbocycles. The summed E-state index contributed by atoms with van der Waals surface area (Å²) in [5, 5.41) is 0. The van der Waals surface area contributed by atoms with E-state index >= 15 is 0 Å². The summed E-state index contributed by atoms with van der Waals surface area (Å²) in [6.45, 7) is 3.91. The van der Waals surface area contributed by atoms with E-state index in [1.165, 1.54) is 13.0 Å². The Morgan fingerprint density at radius 2 is 2.21 bits per heavy atom. The number of aryl methyl sites for hydroxylation is 2. The lowest BCUT2D eigenvalue weighted by molar-refractivity contribution is -0.116. The van der Waals surface area contributed by atoms with Crippen LogP contribution in [0.25, 0.3) is 0 Å². The maximum Gasteiger partial charge on any atom is 0.241 e. The van der Waals surface area contributed by atoms with Crippen LogP contribution < -0.4 is 9.62 Å². The van der Waals surface area contributed by atoms with Crippen molar-refractivity contribution >= 4 is 21.6 Å². The third kappa shape index (κ3) is 3.34. The van der Waals surface area contributed by atoms with Gasteiger partial charge < -0.3 is 9.32 Å². The van der Waals surface area contributed by atoms with Gasteiger partial charge in [0.05, 0.1) is 17.6 Å². The van der Waals surface area contributed by atoms with Gasteiger partial charge in [0.15, 0.2) is 0 Å². The number of fused-ring (bicyclic) bond motifs is 1. The van der Waals surface area contributed by atoms with E-state index in [9.17, 15) is 13.2 Å². The molecule has 2 aromatic rings. The van der Waals surface area contributed by atoms with Crippen molar-refractivity contribution in [2.45, 2.75) is 38.1 Å². The van der Waals surface area contributed by atoms with Crippen LogP contribution in [0.5, 0.6) is 0 Å². The highest BCUT2D eigenvalue weighted by Gasteiger charge is 2.23. The van der Waals surface area contributed by atoms with E-state index in [-0.39, 0.29) is 17.3 Å². The highest BCUT2D eigenvalue weighted by molar-refractivity contribution is 7.89. The van der Waals surface area contributed by atoms with Gasteiger partial charge in [-0.25, -0.2) is 18.1 Å². The Bertz CT molecular complexity index is 873. The van der Waals surface area contributed by atoms with Crippen LogP contribution in [-0.2, 0) is 27.8 Å². The molecule has 3 rings (SSSR count). The van der Waals surface area contributed by atoms with Gasteiger partial charge in [-0.05, 0) is 43.5 Å². The molecule has 0 unspecified atom stereocenters. The molecule has 0 atom stereocenters. The summed E-state index contributed by atoms with van der Waals surface area (Å²) in [7, 11) is -3.67. The first-order chi connectivity index (χ1) is 11.4. The first-order valence-electron chi connectivity index (χ1n) is 7.69. The van der Waals surface area contributed by atoms with Crippen LogP contribution in [-0.4, -0.2) is 25.9 Å². The van der Waals surface area contributed by atoms with Gasteiger partial charge in [0.1, 0.15) is 5.76 Å². The molecule has 1 aliphatic heterocycles. The van der Waals surface area contributed by atoms with E-state index in [1.54, 1.807) is 30.2 Å². The Kier molecular flexibility index (Phi) is 4.42. The third-order valence-corrected chi connectivity index (χ3v) is 5.34. The Balaban J connectivity index is 1.82. The zero-order chi connectivity index (χ0) is 17.3. The summed E-state index contributed by atoms with van der Waals surface area (Å²) < 4.78 is 32.6. The van der Waals surface area contributed by atoms with E-state index < -0.39 is 10.0 Å². The normalized spacial score (nSPS) is 14.5. The van der Waals surface area contributed by atoms with E-state index in [0.717, 1.165) is 24.1 Å². The van der Waals surface area contributed by atoms with Crippen LogP contribution in [0.4, 0.5) is 5.69 Å². The number of hydrogen-bond acceptors (Lipinski definition) is 5. The van der Waals surface area contributed by atoms with Crippen molar-refractivity contribution in [3.8, 4) is 0 Å². The van der Waals surface area contributed by atoms with Crippen molar-refractivity contribution in [2.24, 2.45) is 0 Å². The highest BCUT2D eigenvalue weighted by atomic mass is 32.2. The second-order valence-corrected chi connectivity index (χ2v) is 7.52. The maximum absolute atomic E-state index is 12.5. The number of carbonyl (C=O) groups excluding carboxylic acids is 1. The molecule has 0 fully saturated rings. The molecule has 2 heterocycles. The van der Waals surface area contributed by atoms with Crippen molar-refractivity contribution in [1.82, 2.24) is 9.71 Å². The summed E-state index contributed by atoms with van der Waals surface area (Å²) in [5.74, 6) is 0.906.